The minimum Gasteiger partial charge on any atom is -0.459 e. The minimum atomic E-state index is -0.228. The average Bonchev–Trinajstić information content (AvgIpc) is 2.76. The van der Waals surface area contributed by atoms with Gasteiger partial charge in [-0.3, -0.25) is 0 Å². The summed E-state index contributed by atoms with van der Waals surface area (Å²) in [5.41, 5.74) is 0.998. The second kappa shape index (κ2) is 5.57. The quantitative estimate of drug-likeness (QED) is 0.859. The number of hydrogen-bond acceptors (Lipinski definition) is 2. The molecule has 1 N–H and O–H groups in total. The summed E-state index contributed by atoms with van der Waals surface area (Å²) in [7, 11) is 1.94. The highest BCUT2D eigenvalue weighted by molar-refractivity contribution is 5.78. The third kappa shape index (κ3) is 3.21. The summed E-state index contributed by atoms with van der Waals surface area (Å²) in [5, 5.41) is 4.13. The van der Waals surface area contributed by atoms with Gasteiger partial charge >= 0.3 is 0 Å². The molecule has 0 spiro atoms. The van der Waals surface area contributed by atoms with Gasteiger partial charge in [-0.1, -0.05) is 27.7 Å². The van der Waals surface area contributed by atoms with Crippen LogP contribution < -0.4 is 5.32 Å². The van der Waals surface area contributed by atoms with Gasteiger partial charge in [-0.15, -0.1) is 0 Å². The van der Waals surface area contributed by atoms with E-state index in [0.717, 1.165) is 23.2 Å². The van der Waals surface area contributed by atoms with Crippen LogP contribution in [0.25, 0.3) is 11.0 Å². The summed E-state index contributed by atoms with van der Waals surface area (Å²) < 4.78 is 19.1. The van der Waals surface area contributed by atoms with Crippen LogP contribution in [0.2, 0.25) is 0 Å². The number of rotatable bonds is 4. The van der Waals surface area contributed by atoms with Gasteiger partial charge in [-0.2, -0.15) is 0 Å². The summed E-state index contributed by atoms with van der Waals surface area (Å²) >= 11 is 0. The lowest BCUT2D eigenvalue weighted by Crippen LogP contribution is -2.25. The maximum absolute atomic E-state index is 13.2. The molecule has 2 unspecified atom stereocenters. The Morgan fingerprint density at radius 3 is 2.55 bits per heavy atom. The van der Waals surface area contributed by atoms with Crippen molar-refractivity contribution < 1.29 is 8.81 Å². The molecule has 2 aromatic rings. The molecule has 3 heteroatoms. The summed E-state index contributed by atoms with van der Waals surface area (Å²) in [4.78, 5) is 0. The van der Waals surface area contributed by atoms with Crippen LogP contribution in [0.4, 0.5) is 4.39 Å². The first-order valence-electron chi connectivity index (χ1n) is 7.17. The Kier molecular flexibility index (Phi) is 4.19. The third-order valence-electron chi connectivity index (χ3n) is 4.26. The van der Waals surface area contributed by atoms with Gasteiger partial charge in [-0.25, -0.2) is 4.39 Å². The molecular formula is C17H24FNO. The molecule has 1 aromatic carbocycles. The molecule has 0 saturated heterocycles. The van der Waals surface area contributed by atoms with Gasteiger partial charge in [0.05, 0.1) is 6.04 Å². The zero-order valence-electron chi connectivity index (χ0n) is 13.0. The zero-order valence-corrected chi connectivity index (χ0v) is 13.0. The van der Waals surface area contributed by atoms with Gasteiger partial charge in [0.1, 0.15) is 17.2 Å². The third-order valence-corrected chi connectivity index (χ3v) is 4.26. The van der Waals surface area contributed by atoms with E-state index in [0.29, 0.717) is 5.92 Å². The number of furan rings is 1. The molecule has 2 nitrogen and oxygen atoms in total. The first-order chi connectivity index (χ1) is 9.31. The fourth-order valence-electron chi connectivity index (χ4n) is 2.29. The standard InChI is InChI=1S/C17H24FNO/c1-11(17(2,3)4)8-14(19-5)16-10-12-9-13(18)6-7-15(12)20-16/h6-7,9-11,14,19H,8H2,1-5H3. The number of fused-ring (bicyclic) bond motifs is 1. The fraction of sp³-hybridized carbons (Fsp3) is 0.529. The van der Waals surface area contributed by atoms with E-state index in [1.807, 2.05) is 13.1 Å². The predicted molar refractivity (Wildman–Crippen MR) is 81.2 cm³/mol. The van der Waals surface area contributed by atoms with Crippen LogP contribution >= 0.6 is 0 Å². The van der Waals surface area contributed by atoms with E-state index >= 15 is 0 Å². The van der Waals surface area contributed by atoms with Crippen LogP contribution in [0, 0.1) is 17.2 Å². The van der Waals surface area contributed by atoms with Gasteiger partial charge in [0.2, 0.25) is 0 Å². The van der Waals surface area contributed by atoms with Gasteiger partial charge in [0.15, 0.2) is 0 Å². The van der Waals surface area contributed by atoms with Crippen LogP contribution in [0.3, 0.4) is 0 Å². The van der Waals surface area contributed by atoms with E-state index in [-0.39, 0.29) is 17.3 Å². The van der Waals surface area contributed by atoms with Crippen molar-refractivity contribution in [3.63, 3.8) is 0 Å². The van der Waals surface area contributed by atoms with Crippen molar-refractivity contribution >= 4 is 11.0 Å². The highest BCUT2D eigenvalue weighted by Crippen LogP contribution is 2.34. The van der Waals surface area contributed by atoms with Crippen molar-refractivity contribution in [2.24, 2.45) is 11.3 Å². The monoisotopic (exact) mass is 277 g/mol. The maximum Gasteiger partial charge on any atom is 0.134 e. The number of hydrogen-bond donors (Lipinski definition) is 1. The van der Waals surface area contributed by atoms with Gasteiger partial charge in [0.25, 0.3) is 0 Å². The summed E-state index contributed by atoms with van der Waals surface area (Å²) in [6.45, 7) is 9.00. The molecule has 1 aromatic heterocycles. The van der Waals surface area contributed by atoms with Crippen molar-refractivity contribution in [3.05, 3.63) is 35.8 Å². The Bertz CT molecular complexity index is 582. The molecule has 0 radical (unpaired) electrons. The van der Waals surface area contributed by atoms with Crippen molar-refractivity contribution in [2.45, 2.75) is 40.2 Å². The summed E-state index contributed by atoms with van der Waals surface area (Å²) in [5.74, 6) is 1.20. The highest BCUT2D eigenvalue weighted by atomic mass is 19.1. The molecule has 0 amide bonds. The van der Waals surface area contributed by atoms with E-state index in [2.05, 4.69) is 33.0 Å². The Balaban J connectivity index is 2.25. The molecule has 0 fully saturated rings. The van der Waals surface area contributed by atoms with Gasteiger partial charge < -0.3 is 9.73 Å². The molecule has 0 aliphatic carbocycles. The normalized spacial score (nSPS) is 15.5. The molecule has 2 atom stereocenters. The van der Waals surface area contributed by atoms with E-state index < -0.39 is 0 Å². The molecule has 0 bridgehead atoms. The lowest BCUT2D eigenvalue weighted by molar-refractivity contribution is 0.218. The summed E-state index contributed by atoms with van der Waals surface area (Å²) in [6, 6.07) is 6.73. The van der Waals surface area contributed by atoms with Crippen molar-refractivity contribution in [2.75, 3.05) is 7.05 Å². The Morgan fingerprint density at radius 2 is 1.95 bits per heavy atom. The van der Waals surface area contributed by atoms with Crippen LogP contribution in [0.5, 0.6) is 0 Å². The molecule has 110 valence electrons. The Labute approximate surface area is 120 Å². The number of nitrogens with one attached hydrogen (secondary N) is 1. The molecule has 0 aliphatic heterocycles. The molecule has 2 rings (SSSR count). The van der Waals surface area contributed by atoms with Crippen LogP contribution in [0.15, 0.2) is 28.7 Å². The van der Waals surface area contributed by atoms with E-state index in [4.69, 9.17) is 4.42 Å². The lowest BCUT2D eigenvalue weighted by atomic mass is 9.78. The Hall–Kier alpha value is -1.35. The van der Waals surface area contributed by atoms with Crippen LogP contribution in [-0.4, -0.2) is 7.05 Å². The maximum atomic E-state index is 13.2. The first-order valence-corrected chi connectivity index (χ1v) is 7.17. The van der Waals surface area contributed by atoms with Crippen molar-refractivity contribution in [1.82, 2.24) is 5.32 Å². The fourth-order valence-corrected chi connectivity index (χ4v) is 2.29. The second-order valence-corrected chi connectivity index (χ2v) is 6.67. The predicted octanol–water partition coefficient (Wildman–Crippen LogP) is 4.90. The molecular weight excluding hydrogens is 253 g/mol. The van der Waals surface area contributed by atoms with E-state index in [9.17, 15) is 4.39 Å². The lowest BCUT2D eigenvalue weighted by Gasteiger charge is -2.30. The minimum absolute atomic E-state index is 0.152. The first kappa shape index (κ1) is 15.0. The highest BCUT2D eigenvalue weighted by Gasteiger charge is 2.25. The summed E-state index contributed by atoms with van der Waals surface area (Å²) in [6.07, 6.45) is 0.988. The van der Waals surface area contributed by atoms with Crippen LogP contribution in [0.1, 0.15) is 45.9 Å². The smallest absolute Gasteiger partial charge is 0.134 e. The van der Waals surface area contributed by atoms with E-state index in [1.54, 1.807) is 6.07 Å². The van der Waals surface area contributed by atoms with Crippen LogP contribution in [-0.2, 0) is 0 Å². The van der Waals surface area contributed by atoms with Crippen molar-refractivity contribution in [1.29, 1.82) is 0 Å². The number of halogens is 1. The number of benzene rings is 1. The average molecular weight is 277 g/mol. The Morgan fingerprint density at radius 1 is 1.25 bits per heavy atom. The topological polar surface area (TPSA) is 25.2 Å². The second-order valence-electron chi connectivity index (χ2n) is 6.67. The largest absolute Gasteiger partial charge is 0.459 e. The molecule has 0 aliphatic rings. The van der Waals surface area contributed by atoms with Gasteiger partial charge in [0, 0.05) is 5.39 Å². The molecule has 20 heavy (non-hydrogen) atoms. The van der Waals surface area contributed by atoms with Gasteiger partial charge in [-0.05, 0) is 49.1 Å². The van der Waals surface area contributed by atoms with E-state index in [1.165, 1.54) is 12.1 Å². The molecule has 1 heterocycles. The van der Waals surface area contributed by atoms with Crippen molar-refractivity contribution in [3.8, 4) is 0 Å². The zero-order chi connectivity index (χ0) is 14.9. The SMILES string of the molecule is CNC(CC(C)C(C)(C)C)c1cc2cc(F)ccc2o1. The molecule has 0 saturated carbocycles.